The summed E-state index contributed by atoms with van der Waals surface area (Å²) in [6, 6.07) is 9.49. The summed E-state index contributed by atoms with van der Waals surface area (Å²) in [4.78, 5) is 0. The van der Waals surface area contributed by atoms with Gasteiger partial charge in [0, 0.05) is 5.39 Å². The summed E-state index contributed by atoms with van der Waals surface area (Å²) in [6.07, 6.45) is -4.72. The number of fused-ring (bicyclic) bond motifs is 2. The molecule has 3 heterocycles. The molecular formula is C22H20N2O7. The maximum absolute atomic E-state index is 10.2. The van der Waals surface area contributed by atoms with Gasteiger partial charge < -0.3 is 34.6 Å². The van der Waals surface area contributed by atoms with Crippen molar-refractivity contribution in [1.29, 1.82) is 0 Å². The topological polar surface area (TPSA) is 137 Å². The summed E-state index contributed by atoms with van der Waals surface area (Å²) in [5.74, 6) is 7.14. The van der Waals surface area contributed by atoms with Crippen LogP contribution in [0.15, 0.2) is 36.5 Å². The van der Waals surface area contributed by atoms with Gasteiger partial charge in [0.05, 0.1) is 23.9 Å². The lowest BCUT2D eigenvalue weighted by molar-refractivity contribution is -0.214. The fraction of sp³-hybridized carbons (Fsp3) is 0.318. The van der Waals surface area contributed by atoms with E-state index in [0.717, 1.165) is 16.5 Å². The summed E-state index contributed by atoms with van der Waals surface area (Å²) in [5.41, 5.74) is 3.11. The van der Waals surface area contributed by atoms with Crippen LogP contribution in [0, 0.1) is 11.8 Å². The molecule has 1 fully saturated rings. The second-order valence-electron chi connectivity index (χ2n) is 7.44. The number of hydrogen-bond donors (Lipinski definition) is 5. The third-order valence-corrected chi connectivity index (χ3v) is 5.50. The fourth-order valence-electron chi connectivity index (χ4n) is 3.77. The standard InChI is InChI=1S/C22H20N2O7/c25-9-18-21(27)22(28)20(26)16(31-18)4-2-12-5-13(6-14-8-23-24-19(12)14)11-1-3-15-17(7-11)30-10-29-15/h1,3,5-8,16,18,20-22,25-28H,9-10H2,(H,23,24)/t16?,18?,20?,21-,22?/m1/s1. The Morgan fingerprint density at radius 1 is 1.00 bits per heavy atom. The normalized spacial score (nSPS) is 27.2. The molecule has 0 amide bonds. The molecule has 160 valence electrons. The zero-order valence-corrected chi connectivity index (χ0v) is 16.2. The van der Waals surface area contributed by atoms with E-state index >= 15 is 0 Å². The molecule has 0 radical (unpaired) electrons. The van der Waals surface area contributed by atoms with Crippen LogP contribution in [0.2, 0.25) is 0 Å². The number of aromatic nitrogens is 2. The molecule has 1 aromatic heterocycles. The lowest BCUT2D eigenvalue weighted by Crippen LogP contribution is -2.58. The zero-order chi connectivity index (χ0) is 21.5. The Labute approximate surface area is 176 Å². The lowest BCUT2D eigenvalue weighted by atomic mass is 9.95. The predicted octanol–water partition coefficient (Wildman–Crippen LogP) is 0.152. The summed E-state index contributed by atoms with van der Waals surface area (Å²) < 4.78 is 16.3. The largest absolute Gasteiger partial charge is 0.454 e. The number of H-pyrrole nitrogens is 1. The van der Waals surface area contributed by atoms with Crippen molar-refractivity contribution < 1.29 is 34.6 Å². The summed E-state index contributed by atoms with van der Waals surface area (Å²) in [7, 11) is 0. The maximum Gasteiger partial charge on any atom is 0.231 e. The van der Waals surface area contributed by atoms with Crippen LogP contribution in [-0.2, 0) is 4.74 Å². The van der Waals surface area contributed by atoms with Crippen LogP contribution in [0.25, 0.3) is 22.0 Å². The SMILES string of the molecule is OCC1OC(C#Cc2cc(-c3ccc4c(c3)OCO4)cc3cn[nH]c23)C(O)C(O)[C@@H]1O. The quantitative estimate of drug-likeness (QED) is 0.367. The Hall–Kier alpha value is -3.13. The summed E-state index contributed by atoms with van der Waals surface area (Å²) in [6.45, 7) is -0.317. The molecule has 9 nitrogen and oxygen atoms in total. The lowest BCUT2D eigenvalue weighted by Gasteiger charge is -2.37. The van der Waals surface area contributed by atoms with Gasteiger partial charge >= 0.3 is 0 Å². The van der Waals surface area contributed by atoms with Crippen LogP contribution >= 0.6 is 0 Å². The molecule has 2 aliphatic rings. The van der Waals surface area contributed by atoms with E-state index in [0.29, 0.717) is 22.6 Å². The number of rotatable bonds is 2. The smallest absolute Gasteiger partial charge is 0.231 e. The first-order valence-corrected chi connectivity index (χ1v) is 9.74. The summed E-state index contributed by atoms with van der Waals surface area (Å²) >= 11 is 0. The van der Waals surface area contributed by atoms with E-state index in [1.165, 1.54) is 0 Å². The first kappa shape index (κ1) is 19.8. The molecule has 2 aromatic carbocycles. The maximum atomic E-state index is 10.2. The van der Waals surface area contributed by atoms with Gasteiger partial charge in [0.2, 0.25) is 6.79 Å². The van der Waals surface area contributed by atoms with E-state index in [2.05, 4.69) is 22.0 Å². The van der Waals surface area contributed by atoms with Crippen LogP contribution in [-0.4, -0.2) is 74.5 Å². The van der Waals surface area contributed by atoms with Crippen LogP contribution < -0.4 is 9.47 Å². The highest BCUT2D eigenvalue weighted by molar-refractivity contribution is 5.89. The molecule has 3 aromatic rings. The van der Waals surface area contributed by atoms with Crippen molar-refractivity contribution in [2.45, 2.75) is 30.5 Å². The first-order valence-electron chi connectivity index (χ1n) is 9.74. The number of aliphatic hydroxyl groups excluding tert-OH is 4. The molecule has 0 spiro atoms. The minimum Gasteiger partial charge on any atom is -0.454 e. The fourth-order valence-corrected chi connectivity index (χ4v) is 3.77. The highest BCUT2D eigenvalue weighted by Gasteiger charge is 2.42. The van der Waals surface area contributed by atoms with Gasteiger partial charge in [-0.15, -0.1) is 0 Å². The third kappa shape index (κ3) is 3.50. The molecular weight excluding hydrogens is 404 g/mol. The molecule has 5 N–H and O–H groups in total. The van der Waals surface area contributed by atoms with Crippen molar-refractivity contribution in [3.05, 3.63) is 42.1 Å². The predicted molar refractivity (Wildman–Crippen MR) is 108 cm³/mol. The average molecular weight is 424 g/mol. The molecule has 9 heteroatoms. The highest BCUT2D eigenvalue weighted by Crippen LogP contribution is 2.37. The molecule has 1 saturated heterocycles. The molecule has 5 rings (SSSR count). The Morgan fingerprint density at radius 3 is 2.68 bits per heavy atom. The van der Waals surface area contributed by atoms with E-state index in [1.807, 2.05) is 30.3 Å². The molecule has 2 aliphatic heterocycles. The van der Waals surface area contributed by atoms with Gasteiger partial charge in [0.25, 0.3) is 0 Å². The van der Waals surface area contributed by atoms with Crippen molar-refractivity contribution in [3.63, 3.8) is 0 Å². The molecule has 0 aliphatic carbocycles. The summed E-state index contributed by atoms with van der Waals surface area (Å²) in [5, 5.41) is 47.3. The minimum atomic E-state index is -1.47. The third-order valence-electron chi connectivity index (χ3n) is 5.50. The van der Waals surface area contributed by atoms with E-state index < -0.39 is 37.1 Å². The second-order valence-corrected chi connectivity index (χ2v) is 7.44. The van der Waals surface area contributed by atoms with Gasteiger partial charge in [-0.2, -0.15) is 5.10 Å². The number of aliphatic hydroxyl groups is 4. The minimum absolute atomic E-state index is 0.190. The van der Waals surface area contributed by atoms with Gasteiger partial charge in [0.1, 0.15) is 30.5 Å². The number of nitrogens with zero attached hydrogens (tertiary/aromatic N) is 1. The highest BCUT2D eigenvalue weighted by atomic mass is 16.7. The Kier molecular flexibility index (Phi) is 5.02. The Morgan fingerprint density at radius 2 is 1.84 bits per heavy atom. The van der Waals surface area contributed by atoms with Crippen molar-refractivity contribution in [2.75, 3.05) is 13.4 Å². The van der Waals surface area contributed by atoms with Crippen LogP contribution in [0.1, 0.15) is 5.56 Å². The molecule has 5 atom stereocenters. The van der Waals surface area contributed by atoms with Gasteiger partial charge in [-0.25, -0.2) is 0 Å². The van der Waals surface area contributed by atoms with Crippen molar-refractivity contribution >= 4 is 10.9 Å². The monoisotopic (exact) mass is 424 g/mol. The number of benzene rings is 2. The number of nitrogens with one attached hydrogen (secondary N) is 1. The first-order chi connectivity index (χ1) is 15.0. The van der Waals surface area contributed by atoms with E-state index in [-0.39, 0.29) is 6.79 Å². The van der Waals surface area contributed by atoms with E-state index in [4.69, 9.17) is 14.2 Å². The number of hydrogen-bond acceptors (Lipinski definition) is 8. The number of aromatic amines is 1. The molecule has 0 bridgehead atoms. The molecule has 31 heavy (non-hydrogen) atoms. The van der Waals surface area contributed by atoms with Crippen molar-refractivity contribution in [2.24, 2.45) is 0 Å². The Balaban J connectivity index is 1.52. The van der Waals surface area contributed by atoms with E-state index in [1.54, 1.807) is 6.20 Å². The molecule has 0 saturated carbocycles. The zero-order valence-electron chi connectivity index (χ0n) is 16.2. The van der Waals surface area contributed by atoms with Gasteiger partial charge in [0.15, 0.2) is 11.5 Å². The van der Waals surface area contributed by atoms with Gasteiger partial charge in [-0.3, -0.25) is 5.10 Å². The average Bonchev–Trinajstić information content (AvgIpc) is 3.45. The van der Waals surface area contributed by atoms with Gasteiger partial charge in [-0.05, 0) is 35.4 Å². The van der Waals surface area contributed by atoms with Crippen molar-refractivity contribution in [1.82, 2.24) is 10.2 Å². The second kappa shape index (κ2) is 7.85. The van der Waals surface area contributed by atoms with Crippen LogP contribution in [0.3, 0.4) is 0 Å². The molecule has 4 unspecified atom stereocenters. The van der Waals surface area contributed by atoms with Crippen LogP contribution in [0.5, 0.6) is 11.5 Å². The van der Waals surface area contributed by atoms with Crippen molar-refractivity contribution in [3.8, 4) is 34.5 Å². The van der Waals surface area contributed by atoms with E-state index in [9.17, 15) is 20.4 Å². The Bertz CT molecular complexity index is 1180. The number of ether oxygens (including phenoxy) is 3. The van der Waals surface area contributed by atoms with Crippen LogP contribution in [0.4, 0.5) is 0 Å². The van der Waals surface area contributed by atoms with Gasteiger partial charge in [-0.1, -0.05) is 17.9 Å².